The summed E-state index contributed by atoms with van der Waals surface area (Å²) in [5.74, 6) is -0.693. The number of halogens is 1. The van der Waals surface area contributed by atoms with E-state index in [2.05, 4.69) is 5.32 Å². The van der Waals surface area contributed by atoms with Crippen LogP contribution in [0.15, 0.2) is 53.3 Å². The number of hydrogen-bond donors (Lipinski definition) is 1. The second-order valence-electron chi connectivity index (χ2n) is 7.68. The second-order valence-corrected chi connectivity index (χ2v) is 7.68. The quantitative estimate of drug-likeness (QED) is 0.444. The first-order valence-corrected chi connectivity index (χ1v) is 11.4. The third kappa shape index (κ3) is 6.02. The molecule has 0 aliphatic carbocycles. The first kappa shape index (κ1) is 25.8. The van der Waals surface area contributed by atoms with Crippen LogP contribution < -0.4 is 10.9 Å². The monoisotopic (exact) mass is 484 g/mol. The fraction of sp³-hybridized carbons (Fsp3) is 0.360. The fourth-order valence-electron chi connectivity index (χ4n) is 3.81. The maximum atomic E-state index is 13.6. The number of ether oxygens (including phenoxy) is 2. The summed E-state index contributed by atoms with van der Waals surface area (Å²) in [5, 5.41) is 2.97. The second kappa shape index (κ2) is 12.1. The Morgan fingerprint density at radius 2 is 1.86 bits per heavy atom. The van der Waals surface area contributed by atoms with Gasteiger partial charge in [0.2, 0.25) is 0 Å². The zero-order chi connectivity index (χ0) is 25.4. The highest BCUT2D eigenvalue weighted by Crippen LogP contribution is 2.26. The van der Waals surface area contributed by atoms with Crippen molar-refractivity contribution in [2.24, 2.45) is 0 Å². The first-order valence-electron chi connectivity index (χ1n) is 11.4. The lowest BCUT2D eigenvalue weighted by atomic mass is 10.1. The van der Waals surface area contributed by atoms with Crippen molar-refractivity contribution < 1.29 is 23.5 Å². The van der Waals surface area contributed by atoms with Crippen molar-refractivity contribution in [1.82, 2.24) is 19.8 Å². The van der Waals surface area contributed by atoms with Gasteiger partial charge in [-0.1, -0.05) is 19.1 Å². The zero-order valence-corrected chi connectivity index (χ0v) is 20.0. The maximum absolute atomic E-state index is 13.6. The summed E-state index contributed by atoms with van der Waals surface area (Å²) in [6, 6.07) is 11.2. The number of carbonyl (C=O) groups excluding carboxylic acids is 2. The van der Waals surface area contributed by atoms with Crippen LogP contribution in [-0.2, 0) is 14.3 Å². The van der Waals surface area contributed by atoms with Gasteiger partial charge in [0.15, 0.2) is 0 Å². The number of hydrogen-bond acceptors (Lipinski definition) is 6. The highest BCUT2D eigenvalue weighted by atomic mass is 19.1. The van der Waals surface area contributed by atoms with E-state index in [0.29, 0.717) is 28.8 Å². The van der Waals surface area contributed by atoms with Gasteiger partial charge < -0.3 is 19.7 Å². The maximum Gasteiger partial charge on any atom is 0.325 e. The number of carbonyl (C=O) groups is 2. The number of esters is 1. The molecule has 3 aromatic rings. The minimum Gasteiger partial charge on any atom is -0.465 e. The van der Waals surface area contributed by atoms with Gasteiger partial charge in [-0.2, -0.15) is 0 Å². The normalized spacial score (nSPS) is 11.8. The van der Waals surface area contributed by atoms with Gasteiger partial charge in [0.1, 0.15) is 18.2 Å². The number of aromatic nitrogens is 2. The predicted octanol–water partition coefficient (Wildman–Crippen LogP) is 3.20. The van der Waals surface area contributed by atoms with Crippen LogP contribution in [0.25, 0.3) is 16.6 Å². The van der Waals surface area contributed by atoms with E-state index in [1.165, 1.54) is 40.8 Å². The molecule has 186 valence electrons. The lowest BCUT2D eigenvalue weighted by Gasteiger charge is -2.32. The summed E-state index contributed by atoms with van der Waals surface area (Å²) in [4.78, 5) is 44.7. The number of nitrogens with one attached hydrogen (secondary N) is 1. The number of rotatable bonds is 10. The molecular weight excluding hydrogens is 455 g/mol. The van der Waals surface area contributed by atoms with E-state index in [9.17, 15) is 18.8 Å². The average Bonchev–Trinajstić information content (AvgIpc) is 2.86. The molecule has 9 nitrogen and oxygen atoms in total. The van der Waals surface area contributed by atoms with Gasteiger partial charge in [0.25, 0.3) is 5.56 Å². The van der Waals surface area contributed by atoms with Gasteiger partial charge in [-0.3, -0.25) is 14.2 Å². The van der Waals surface area contributed by atoms with Gasteiger partial charge >= 0.3 is 12.0 Å². The Morgan fingerprint density at radius 1 is 1.14 bits per heavy atom. The molecule has 0 radical (unpaired) electrons. The van der Waals surface area contributed by atoms with Crippen molar-refractivity contribution in [1.29, 1.82) is 0 Å². The Labute approximate surface area is 202 Å². The lowest BCUT2D eigenvalue weighted by molar-refractivity contribution is -0.141. The third-order valence-electron chi connectivity index (χ3n) is 5.43. The summed E-state index contributed by atoms with van der Waals surface area (Å²) < 4.78 is 25.1. The molecule has 1 atom stereocenters. The first-order chi connectivity index (χ1) is 16.9. The van der Waals surface area contributed by atoms with E-state index in [1.807, 2.05) is 6.92 Å². The van der Waals surface area contributed by atoms with Crippen molar-refractivity contribution >= 4 is 22.9 Å². The number of urea groups is 1. The molecule has 2 aromatic carbocycles. The van der Waals surface area contributed by atoms with Crippen molar-refractivity contribution in [3.05, 3.63) is 70.5 Å². The molecule has 0 aliphatic heterocycles. The number of fused-ring (bicyclic) bond motifs is 1. The van der Waals surface area contributed by atoms with Gasteiger partial charge in [-0.25, -0.2) is 14.2 Å². The van der Waals surface area contributed by atoms with E-state index in [-0.39, 0.29) is 31.9 Å². The van der Waals surface area contributed by atoms with Crippen LogP contribution in [0.2, 0.25) is 0 Å². The minimum atomic E-state index is -0.658. The smallest absolute Gasteiger partial charge is 0.325 e. The summed E-state index contributed by atoms with van der Waals surface area (Å²) >= 11 is 0. The Hall–Kier alpha value is -3.79. The highest BCUT2D eigenvalue weighted by molar-refractivity contribution is 5.81. The number of benzene rings is 2. The number of amides is 2. The van der Waals surface area contributed by atoms with Crippen LogP contribution in [-0.4, -0.2) is 59.9 Å². The molecule has 1 aromatic heterocycles. The van der Waals surface area contributed by atoms with Crippen LogP contribution in [0, 0.1) is 5.82 Å². The van der Waals surface area contributed by atoms with E-state index in [0.717, 1.165) is 0 Å². The Balaban J connectivity index is 2.13. The van der Waals surface area contributed by atoms with Crippen LogP contribution in [0.4, 0.5) is 9.18 Å². The largest absolute Gasteiger partial charge is 0.465 e. The molecule has 35 heavy (non-hydrogen) atoms. The SMILES string of the molecule is CCOC(=O)CNC(=O)N(CCOC)C(CC)c1nc2ccccc2c(=O)n1-c1ccc(F)cc1. The molecule has 0 fully saturated rings. The van der Waals surface area contributed by atoms with Gasteiger partial charge in [-0.15, -0.1) is 0 Å². The van der Waals surface area contributed by atoms with E-state index >= 15 is 0 Å². The van der Waals surface area contributed by atoms with Crippen molar-refractivity contribution in [2.75, 3.05) is 33.4 Å². The molecule has 0 saturated carbocycles. The molecule has 1 heterocycles. The molecule has 1 N–H and O–H groups in total. The highest BCUT2D eigenvalue weighted by Gasteiger charge is 2.29. The summed E-state index contributed by atoms with van der Waals surface area (Å²) in [7, 11) is 1.51. The molecular formula is C25H29FN4O5. The molecule has 3 rings (SSSR count). The van der Waals surface area contributed by atoms with Crippen LogP contribution in [0.5, 0.6) is 0 Å². The van der Waals surface area contributed by atoms with E-state index in [4.69, 9.17) is 14.5 Å². The van der Waals surface area contributed by atoms with Crippen LogP contribution in [0.3, 0.4) is 0 Å². The van der Waals surface area contributed by atoms with Gasteiger partial charge in [0.05, 0.1) is 35.8 Å². The third-order valence-corrected chi connectivity index (χ3v) is 5.43. The fourth-order valence-corrected chi connectivity index (χ4v) is 3.81. The number of para-hydroxylation sites is 1. The molecule has 2 amide bonds. The Morgan fingerprint density at radius 3 is 2.51 bits per heavy atom. The van der Waals surface area contributed by atoms with Crippen LogP contribution >= 0.6 is 0 Å². The Bertz CT molecular complexity index is 1230. The standard InChI is InChI=1S/C25H29FN4O5/c1-4-21(29(14-15-34-3)25(33)27-16-22(31)35-5-2)23-28-20-9-7-6-8-19(20)24(32)30(23)18-12-10-17(26)11-13-18/h6-13,21H,4-5,14-16H2,1-3H3,(H,27,33). The summed E-state index contributed by atoms with van der Waals surface area (Å²) in [6.45, 7) is 3.83. The van der Waals surface area contributed by atoms with Crippen molar-refractivity contribution in [2.45, 2.75) is 26.3 Å². The number of nitrogens with zero attached hydrogens (tertiary/aromatic N) is 3. The predicted molar refractivity (Wildman–Crippen MR) is 129 cm³/mol. The van der Waals surface area contributed by atoms with Gasteiger partial charge in [0, 0.05) is 13.7 Å². The minimum absolute atomic E-state index is 0.176. The van der Waals surface area contributed by atoms with Crippen molar-refractivity contribution in [3.63, 3.8) is 0 Å². The summed E-state index contributed by atoms with van der Waals surface area (Å²) in [5.41, 5.74) is 0.555. The van der Waals surface area contributed by atoms with Crippen LogP contribution in [0.1, 0.15) is 32.1 Å². The molecule has 1 unspecified atom stereocenters. The summed E-state index contributed by atoms with van der Waals surface area (Å²) in [6.07, 6.45) is 0.405. The van der Waals surface area contributed by atoms with E-state index < -0.39 is 23.9 Å². The zero-order valence-electron chi connectivity index (χ0n) is 20.0. The molecule has 0 spiro atoms. The lowest BCUT2D eigenvalue weighted by Crippen LogP contribution is -2.46. The van der Waals surface area contributed by atoms with Gasteiger partial charge in [-0.05, 0) is 49.7 Å². The molecule has 10 heteroatoms. The molecule has 0 saturated heterocycles. The molecule has 0 bridgehead atoms. The average molecular weight is 485 g/mol. The van der Waals surface area contributed by atoms with Crippen molar-refractivity contribution in [3.8, 4) is 5.69 Å². The van der Waals surface area contributed by atoms with E-state index in [1.54, 1.807) is 31.2 Å². The number of methoxy groups -OCH3 is 1. The topological polar surface area (TPSA) is 103 Å². The molecule has 0 aliphatic rings. The Kier molecular flexibility index (Phi) is 8.91.